The number of likely N-dealkylation sites (tertiary alicyclic amines) is 1. The van der Waals surface area contributed by atoms with Gasteiger partial charge in [-0.3, -0.25) is 9.78 Å². The number of alkyl halides is 2. The predicted molar refractivity (Wildman–Crippen MR) is 93.6 cm³/mol. The normalized spacial score (nSPS) is 17.6. The molecule has 0 bridgehead atoms. The lowest BCUT2D eigenvalue weighted by molar-refractivity contribution is 0.0705. The Labute approximate surface area is 154 Å². The lowest BCUT2D eigenvalue weighted by Crippen LogP contribution is -2.39. The van der Waals surface area contributed by atoms with Crippen molar-refractivity contribution in [3.8, 4) is 0 Å². The van der Waals surface area contributed by atoms with Gasteiger partial charge in [-0.15, -0.1) is 0 Å². The molecule has 1 atom stereocenters. The van der Waals surface area contributed by atoms with Crippen LogP contribution in [0.1, 0.15) is 52.5 Å². The summed E-state index contributed by atoms with van der Waals surface area (Å²) in [6.45, 7) is 2.66. The van der Waals surface area contributed by atoms with Crippen molar-refractivity contribution in [3.63, 3.8) is 0 Å². The van der Waals surface area contributed by atoms with Crippen LogP contribution in [0.2, 0.25) is 0 Å². The molecule has 3 aromatic heterocycles. The van der Waals surface area contributed by atoms with Gasteiger partial charge < -0.3 is 9.42 Å². The zero-order chi connectivity index (χ0) is 19.0. The molecule has 0 radical (unpaired) electrons. The monoisotopic (exact) mass is 372 g/mol. The van der Waals surface area contributed by atoms with E-state index in [1.54, 1.807) is 30.2 Å². The van der Waals surface area contributed by atoms with Crippen LogP contribution >= 0.6 is 0 Å². The molecule has 0 spiro atoms. The van der Waals surface area contributed by atoms with Crippen LogP contribution in [0.15, 0.2) is 35.1 Å². The number of carbonyl (C=O) groups is 1. The first-order chi connectivity index (χ1) is 13.0. The molecule has 1 aliphatic rings. The summed E-state index contributed by atoms with van der Waals surface area (Å²) < 4.78 is 32.2. The third kappa shape index (κ3) is 3.27. The third-order valence-corrected chi connectivity index (χ3v) is 4.94. The number of rotatable bonds is 3. The molecule has 0 aromatic carbocycles. The first-order valence-electron chi connectivity index (χ1n) is 8.79. The number of aromatic nitrogens is 3. The van der Waals surface area contributed by atoms with E-state index in [9.17, 15) is 13.6 Å². The Hall–Kier alpha value is -2.90. The van der Waals surface area contributed by atoms with Gasteiger partial charge >= 0.3 is 0 Å². The summed E-state index contributed by atoms with van der Waals surface area (Å²) in [5.41, 5.74) is 1.43. The minimum absolute atomic E-state index is 0.113. The first-order valence-corrected chi connectivity index (χ1v) is 8.79. The maximum absolute atomic E-state index is 13.6. The van der Waals surface area contributed by atoms with Crippen molar-refractivity contribution in [3.05, 3.63) is 53.1 Å². The number of fused-ring (bicyclic) bond motifs is 1. The fourth-order valence-corrected chi connectivity index (χ4v) is 3.60. The second kappa shape index (κ2) is 7.02. The highest BCUT2D eigenvalue weighted by Crippen LogP contribution is 2.34. The summed E-state index contributed by atoms with van der Waals surface area (Å²) in [6, 6.07) is 4.86. The van der Waals surface area contributed by atoms with Crippen LogP contribution in [-0.4, -0.2) is 39.0 Å². The van der Waals surface area contributed by atoms with E-state index in [1.807, 2.05) is 0 Å². The molecule has 1 amide bonds. The number of nitrogens with zero attached hydrogens (tertiary/aromatic N) is 4. The molecule has 4 heterocycles. The largest absolute Gasteiger partial charge is 0.338 e. The topological polar surface area (TPSA) is 72.1 Å². The molecule has 0 saturated carbocycles. The quantitative estimate of drug-likeness (QED) is 0.698. The fourth-order valence-electron chi connectivity index (χ4n) is 3.60. The summed E-state index contributed by atoms with van der Waals surface area (Å²) >= 11 is 0. The number of piperidine rings is 1. The number of hydrogen-bond acceptors (Lipinski definition) is 5. The number of pyridine rings is 2. The molecular formula is C19H18F2N4O2. The Morgan fingerprint density at radius 1 is 1.41 bits per heavy atom. The van der Waals surface area contributed by atoms with Crippen LogP contribution in [0.3, 0.4) is 0 Å². The van der Waals surface area contributed by atoms with Crippen molar-refractivity contribution in [2.75, 3.05) is 13.1 Å². The summed E-state index contributed by atoms with van der Waals surface area (Å²) in [5.74, 6) is -0.245. The highest BCUT2D eigenvalue weighted by atomic mass is 19.3. The van der Waals surface area contributed by atoms with E-state index >= 15 is 0 Å². The smallest absolute Gasteiger partial charge is 0.264 e. The number of carbonyl (C=O) groups excluding carboxylic acids is 1. The molecule has 140 valence electrons. The highest BCUT2D eigenvalue weighted by Gasteiger charge is 2.29. The van der Waals surface area contributed by atoms with Crippen LogP contribution in [0, 0.1) is 6.92 Å². The molecule has 1 fully saturated rings. The van der Waals surface area contributed by atoms with E-state index in [0.717, 1.165) is 12.8 Å². The zero-order valence-corrected chi connectivity index (χ0v) is 14.7. The fraction of sp³-hybridized carbons (Fsp3) is 0.368. The van der Waals surface area contributed by atoms with Gasteiger partial charge in [0.15, 0.2) is 0 Å². The second-order valence-electron chi connectivity index (χ2n) is 6.72. The molecule has 0 unspecified atom stereocenters. The molecule has 0 N–H and O–H groups in total. The molecule has 0 aliphatic carbocycles. The minimum atomic E-state index is -2.65. The summed E-state index contributed by atoms with van der Waals surface area (Å²) in [5, 5.41) is 4.04. The molecule has 27 heavy (non-hydrogen) atoms. The van der Waals surface area contributed by atoms with E-state index in [-0.39, 0.29) is 28.5 Å². The van der Waals surface area contributed by atoms with Gasteiger partial charge in [-0.25, -0.2) is 13.8 Å². The maximum Gasteiger partial charge on any atom is 0.264 e. The van der Waals surface area contributed by atoms with Gasteiger partial charge in [0, 0.05) is 42.7 Å². The predicted octanol–water partition coefficient (Wildman–Crippen LogP) is 3.88. The standard InChI is InChI=1S/C19H18F2N4O2/c1-11-16-14(17(20)21)8-15(23-18(16)27-24-11)13-5-3-7-25(10-13)19(26)12-4-2-6-22-9-12/h2,4,6,8-9,13,17H,3,5,7,10H2,1H3/t13-/m1/s1. The summed E-state index contributed by atoms with van der Waals surface area (Å²) in [6.07, 6.45) is 2.04. The number of amides is 1. The summed E-state index contributed by atoms with van der Waals surface area (Å²) in [4.78, 5) is 22.8. The zero-order valence-electron chi connectivity index (χ0n) is 14.7. The molecular weight excluding hydrogens is 354 g/mol. The van der Waals surface area contributed by atoms with E-state index in [4.69, 9.17) is 4.52 Å². The number of halogens is 2. The average molecular weight is 372 g/mol. The van der Waals surface area contributed by atoms with Crippen molar-refractivity contribution < 1.29 is 18.1 Å². The SMILES string of the molecule is Cc1noc2nc([C@@H]3CCCN(C(=O)c4cccnc4)C3)cc(C(F)F)c12. The van der Waals surface area contributed by atoms with Crippen LogP contribution in [0.5, 0.6) is 0 Å². The Morgan fingerprint density at radius 2 is 2.26 bits per heavy atom. The Kier molecular flexibility index (Phi) is 4.55. The van der Waals surface area contributed by atoms with Gasteiger partial charge in [0.05, 0.1) is 16.6 Å². The van der Waals surface area contributed by atoms with Crippen molar-refractivity contribution in [1.29, 1.82) is 0 Å². The Morgan fingerprint density at radius 3 is 3.00 bits per heavy atom. The van der Waals surface area contributed by atoms with Crippen LogP contribution in [0.4, 0.5) is 8.78 Å². The second-order valence-corrected chi connectivity index (χ2v) is 6.72. The van der Waals surface area contributed by atoms with E-state index in [2.05, 4.69) is 15.1 Å². The van der Waals surface area contributed by atoms with E-state index in [0.29, 0.717) is 30.0 Å². The van der Waals surface area contributed by atoms with Gasteiger partial charge in [-0.1, -0.05) is 5.16 Å². The van der Waals surface area contributed by atoms with Crippen molar-refractivity contribution in [2.45, 2.75) is 32.1 Å². The van der Waals surface area contributed by atoms with E-state index in [1.165, 1.54) is 12.3 Å². The molecule has 1 aliphatic heterocycles. The molecule has 3 aromatic rings. The van der Waals surface area contributed by atoms with Gasteiger partial charge in [0.25, 0.3) is 18.0 Å². The average Bonchev–Trinajstić information content (AvgIpc) is 3.08. The third-order valence-electron chi connectivity index (χ3n) is 4.94. The van der Waals surface area contributed by atoms with Gasteiger partial charge in [-0.05, 0) is 38.0 Å². The number of hydrogen-bond donors (Lipinski definition) is 0. The summed E-state index contributed by atoms with van der Waals surface area (Å²) in [7, 11) is 0. The number of aryl methyl sites for hydroxylation is 1. The maximum atomic E-state index is 13.6. The Bertz CT molecular complexity index is 975. The molecule has 8 heteroatoms. The van der Waals surface area contributed by atoms with Crippen molar-refractivity contribution >= 4 is 17.0 Å². The minimum Gasteiger partial charge on any atom is -0.338 e. The molecule has 4 rings (SSSR count). The Balaban J connectivity index is 1.64. The molecule has 6 nitrogen and oxygen atoms in total. The van der Waals surface area contributed by atoms with Crippen LogP contribution < -0.4 is 0 Å². The van der Waals surface area contributed by atoms with Crippen LogP contribution in [0.25, 0.3) is 11.1 Å². The lowest BCUT2D eigenvalue weighted by Gasteiger charge is -2.32. The van der Waals surface area contributed by atoms with Gasteiger partial charge in [0.2, 0.25) is 0 Å². The highest BCUT2D eigenvalue weighted by molar-refractivity contribution is 5.94. The van der Waals surface area contributed by atoms with Crippen molar-refractivity contribution in [2.24, 2.45) is 0 Å². The molecule has 1 saturated heterocycles. The lowest BCUT2D eigenvalue weighted by atomic mass is 9.92. The van der Waals surface area contributed by atoms with Gasteiger partial charge in [0.1, 0.15) is 0 Å². The van der Waals surface area contributed by atoms with Gasteiger partial charge in [-0.2, -0.15) is 0 Å². The van der Waals surface area contributed by atoms with Crippen LogP contribution in [-0.2, 0) is 0 Å². The van der Waals surface area contributed by atoms with Crippen molar-refractivity contribution in [1.82, 2.24) is 20.0 Å². The van der Waals surface area contributed by atoms with E-state index < -0.39 is 6.43 Å². The first kappa shape index (κ1) is 17.5.